The highest BCUT2D eigenvalue weighted by molar-refractivity contribution is 6.29. The van der Waals surface area contributed by atoms with Gasteiger partial charge in [-0.3, -0.25) is 0 Å². The van der Waals surface area contributed by atoms with Gasteiger partial charge in [-0.1, -0.05) is 82.4 Å². The fraction of sp³-hybridized carbons (Fsp3) is 0.867. The third kappa shape index (κ3) is 14.0. The van der Waals surface area contributed by atoms with Gasteiger partial charge in [0.2, 0.25) is 0 Å². The molecule has 0 N–H and O–H groups in total. The normalized spacial score (nSPS) is 12.1. The Kier molecular flexibility index (Phi) is 13.1. The minimum Gasteiger partial charge on any atom is -0.0898 e. The second-order valence-electron chi connectivity index (χ2n) is 4.76. The second kappa shape index (κ2) is 13.1. The van der Waals surface area contributed by atoms with E-state index in [0.29, 0.717) is 0 Å². The molecule has 0 aliphatic heterocycles. The summed E-state index contributed by atoms with van der Waals surface area (Å²) in [5, 5.41) is 0.941. The Morgan fingerprint density at radius 1 is 0.812 bits per heavy atom. The Morgan fingerprint density at radius 3 is 1.69 bits per heavy atom. The van der Waals surface area contributed by atoms with E-state index in [1.807, 2.05) is 6.92 Å². The van der Waals surface area contributed by atoms with Crippen LogP contribution in [0.4, 0.5) is 0 Å². The molecular formula is C15H29Cl. The first-order valence-electron chi connectivity index (χ1n) is 7.09. The van der Waals surface area contributed by atoms with Crippen LogP contribution in [0.2, 0.25) is 0 Å². The van der Waals surface area contributed by atoms with Gasteiger partial charge in [0.05, 0.1) is 0 Å². The van der Waals surface area contributed by atoms with Crippen molar-refractivity contribution in [2.24, 2.45) is 0 Å². The Morgan fingerprint density at radius 2 is 1.25 bits per heavy atom. The van der Waals surface area contributed by atoms with Crippen molar-refractivity contribution in [2.75, 3.05) is 0 Å². The van der Waals surface area contributed by atoms with Crippen molar-refractivity contribution in [3.63, 3.8) is 0 Å². The van der Waals surface area contributed by atoms with Gasteiger partial charge in [-0.2, -0.15) is 0 Å². The van der Waals surface area contributed by atoms with Crippen LogP contribution in [-0.2, 0) is 0 Å². The number of rotatable bonds is 11. The first-order chi connectivity index (χ1) is 7.77. The van der Waals surface area contributed by atoms with Crippen molar-refractivity contribution >= 4 is 11.6 Å². The van der Waals surface area contributed by atoms with E-state index >= 15 is 0 Å². The van der Waals surface area contributed by atoms with Crippen LogP contribution in [0.3, 0.4) is 0 Å². The molecule has 0 unspecified atom stereocenters. The predicted molar refractivity (Wildman–Crippen MR) is 76.1 cm³/mol. The molecule has 0 aliphatic rings. The van der Waals surface area contributed by atoms with E-state index in [1.165, 1.54) is 64.2 Å². The lowest BCUT2D eigenvalue weighted by atomic mass is 10.1. The lowest BCUT2D eigenvalue weighted by Crippen LogP contribution is -1.81. The summed E-state index contributed by atoms with van der Waals surface area (Å²) in [5.74, 6) is 0. The third-order valence-electron chi connectivity index (χ3n) is 2.98. The van der Waals surface area contributed by atoms with Crippen molar-refractivity contribution < 1.29 is 0 Å². The molecule has 0 saturated carbocycles. The van der Waals surface area contributed by atoms with Crippen LogP contribution < -0.4 is 0 Å². The molecule has 0 bridgehead atoms. The van der Waals surface area contributed by atoms with Crippen molar-refractivity contribution in [1.82, 2.24) is 0 Å². The van der Waals surface area contributed by atoms with E-state index in [-0.39, 0.29) is 0 Å². The van der Waals surface area contributed by atoms with Gasteiger partial charge in [0, 0.05) is 5.03 Å². The average Bonchev–Trinajstić information content (AvgIpc) is 2.25. The number of allylic oxidation sites excluding steroid dienone is 2. The maximum Gasteiger partial charge on any atom is 0.0110 e. The van der Waals surface area contributed by atoms with E-state index in [4.69, 9.17) is 11.6 Å². The third-order valence-corrected chi connectivity index (χ3v) is 3.14. The topological polar surface area (TPSA) is 0 Å². The molecule has 0 aliphatic carbocycles. The summed E-state index contributed by atoms with van der Waals surface area (Å²) in [4.78, 5) is 0. The monoisotopic (exact) mass is 244 g/mol. The van der Waals surface area contributed by atoms with Crippen LogP contribution in [-0.4, -0.2) is 0 Å². The molecular weight excluding hydrogens is 216 g/mol. The molecule has 0 fully saturated rings. The molecule has 1 heteroatoms. The second-order valence-corrected chi connectivity index (χ2v) is 5.36. The van der Waals surface area contributed by atoms with Gasteiger partial charge in [0.1, 0.15) is 0 Å². The van der Waals surface area contributed by atoms with Gasteiger partial charge in [0.25, 0.3) is 0 Å². The molecule has 16 heavy (non-hydrogen) atoms. The van der Waals surface area contributed by atoms with Crippen LogP contribution in [0.15, 0.2) is 11.1 Å². The van der Waals surface area contributed by atoms with E-state index in [1.54, 1.807) is 0 Å². The van der Waals surface area contributed by atoms with E-state index in [0.717, 1.165) is 11.5 Å². The van der Waals surface area contributed by atoms with Gasteiger partial charge < -0.3 is 0 Å². The maximum absolute atomic E-state index is 5.76. The average molecular weight is 245 g/mol. The molecule has 0 atom stereocenters. The summed E-state index contributed by atoms with van der Waals surface area (Å²) in [5.41, 5.74) is 0. The summed E-state index contributed by atoms with van der Waals surface area (Å²) in [7, 11) is 0. The zero-order valence-corrected chi connectivity index (χ0v) is 12.0. The van der Waals surface area contributed by atoms with Gasteiger partial charge in [0.15, 0.2) is 0 Å². The smallest absolute Gasteiger partial charge is 0.0110 e. The molecule has 96 valence electrons. The number of halogens is 1. The standard InChI is InChI=1S/C15H29Cl/c1-3-4-5-6-7-8-9-10-11-12-13-14-15(2)16/h14H,3-13H2,1-2H3. The van der Waals surface area contributed by atoms with Gasteiger partial charge in [-0.25, -0.2) is 0 Å². The van der Waals surface area contributed by atoms with Gasteiger partial charge in [-0.05, 0) is 19.8 Å². The number of hydrogen-bond donors (Lipinski definition) is 0. The van der Waals surface area contributed by atoms with Crippen molar-refractivity contribution in [1.29, 1.82) is 0 Å². The highest BCUT2D eigenvalue weighted by Crippen LogP contribution is 2.12. The SMILES string of the molecule is CCCCCCCCCCCCC=C(C)Cl. The lowest BCUT2D eigenvalue weighted by Gasteiger charge is -2.01. The van der Waals surface area contributed by atoms with E-state index in [2.05, 4.69) is 13.0 Å². The Balaban J connectivity index is 2.96. The Bertz CT molecular complexity index is 157. The first-order valence-corrected chi connectivity index (χ1v) is 7.47. The Hall–Kier alpha value is 0.0300. The van der Waals surface area contributed by atoms with Crippen molar-refractivity contribution in [3.8, 4) is 0 Å². The molecule has 0 aromatic rings. The van der Waals surface area contributed by atoms with Crippen LogP contribution in [0, 0.1) is 0 Å². The predicted octanol–water partition coefficient (Wildman–Crippen LogP) is 6.44. The van der Waals surface area contributed by atoms with Gasteiger partial charge >= 0.3 is 0 Å². The van der Waals surface area contributed by atoms with Crippen LogP contribution in [0.25, 0.3) is 0 Å². The van der Waals surface area contributed by atoms with Crippen molar-refractivity contribution in [2.45, 2.75) is 84.5 Å². The molecule has 0 radical (unpaired) electrons. The van der Waals surface area contributed by atoms with E-state index < -0.39 is 0 Å². The quantitative estimate of drug-likeness (QED) is 0.367. The highest BCUT2D eigenvalue weighted by Gasteiger charge is 1.92. The lowest BCUT2D eigenvalue weighted by molar-refractivity contribution is 0.557. The minimum absolute atomic E-state index is 0.941. The van der Waals surface area contributed by atoms with Crippen LogP contribution in [0.5, 0.6) is 0 Å². The fourth-order valence-corrected chi connectivity index (χ4v) is 2.04. The maximum atomic E-state index is 5.76. The molecule has 0 amide bonds. The summed E-state index contributed by atoms with van der Waals surface area (Å²) < 4.78 is 0. The first kappa shape index (κ1) is 16.0. The molecule has 0 heterocycles. The fourth-order valence-electron chi connectivity index (χ4n) is 1.93. The van der Waals surface area contributed by atoms with Crippen LogP contribution >= 0.6 is 11.6 Å². The Labute approximate surface area is 107 Å². The zero-order chi connectivity index (χ0) is 12.1. The molecule has 0 aromatic heterocycles. The minimum atomic E-state index is 0.941. The summed E-state index contributed by atoms with van der Waals surface area (Å²) in [6.07, 6.45) is 17.3. The molecule has 0 nitrogen and oxygen atoms in total. The summed E-state index contributed by atoms with van der Waals surface area (Å²) >= 11 is 5.76. The van der Waals surface area contributed by atoms with Crippen molar-refractivity contribution in [3.05, 3.63) is 11.1 Å². The zero-order valence-electron chi connectivity index (χ0n) is 11.2. The highest BCUT2D eigenvalue weighted by atomic mass is 35.5. The van der Waals surface area contributed by atoms with E-state index in [9.17, 15) is 0 Å². The van der Waals surface area contributed by atoms with Crippen LogP contribution in [0.1, 0.15) is 84.5 Å². The molecule has 0 aromatic carbocycles. The molecule has 0 saturated heterocycles. The number of unbranched alkanes of at least 4 members (excludes halogenated alkanes) is 10. The molecule has 0 rings (SSSR count). The summed E-state index contributed by atoms with van der Waals surface area (Å²) in [6, 6.07) is 0. The number of hydrogen-bond acceptors (Lipinski definition) is 0. The largest absolute Gasteiger partial charge is 0.0898 e. The van der Waals surface area contributed by atoms with Gasteiger partial charge in [-0.15, -0.1) is 0 Å². The molecule has 0 spiro atoms. The summed E-state index contributed by atoms with van der Waals surface area (Å²) in [6.45, 7) is 4.23.